The maximum absolute atomic E-state index is 10.5. The van der Waals surface area contributed by atoms with Crippen LogP contribution in [0.15, 0.2) is 0 Å². The first kappa shape index (κ1) is 8.96. The van der Waals surface area contributed by atoms with Gasteiger partial charge in [0.15, 0.2) is 0 Å². The van der Waals surface area contributed by atoms with Crippen LogP contribution >= 0.6 is 0 Å². The van der Waals surface area contributed by atoms with E-state index >= 15 is 0 Å². The highest BCUT2D eigenvalue weighted by Gasteiger charge is 2.01. The zero-order chi connectivity index (χ0) is 7.28. The molecule has 0 aromatic heterocycles. The summed E-state index contributed by atoms with van der Waals surface area (Å²) in [4.78, 5) is 0. The molecule has 2 unspecified atom stereocenters. The van der Waals surface area contributed by atoms with Gasteiger partial charge in [0, 0.05) is 0 Å². The van der Waals surface area contributed by atoms with Crippen molar-refractivity contribution >= 4 is 0 Å². The molecule has 0 aromatic carbocycles. The molecule has 0 aliphatic rings. The van der Waals surface area contributed by atoms with Crippen molar-refractivity contribution in [1.82, 2.24) is 0 Å². The summed E-state index contributed by atoms with van der Waals surface area (Å²) in [5.41, 5.74) is 0. The van der Waals surface area contributed by atoms with Crippen LogP contribution in [0.4, 0.5) is 0 Å². The SMILES string of the molecule is CCC(C)CCC(C)[O]. The quantitative estimate of drug-likeness (QED) is 0.556. The molecule has 0 aromatic rings. The van der Waals surface area contributed by atoms with Crippen molar-refractivity contribution in [3.05, 3.63) is 0 Å². The molecular weight excluding hydrogens is 112 g/mol. The molecule has 0 N–H and O–H groups in total. The summed E-state index contributed by atoms with van der Waals surface area (Å²) in [6, 6.07) is 0. The monoisotopic (exact) mass is 129 g/mol. The molecule has 0 aliphatic carbocycles. The van der Waals surface area contributed by atoms with Gasteiger partial charge in [0.2, 0.25) is 0 Å². The predicted molar refractivity (Wildman–Crippen MR) is 38.8 cm³/mol. The van der Waals surface area contributed by atoms with Crippen molar-refractivity contribution in [3.8, 4) is 0 Å². The molecule has 0 bridgehead atoms. The van der Waals surface area contributed by atoms with Crippen LogP contribution in [0, 0.1) is 5.92 Å². The second kappa shape index (κ2) is 4.80. The number of hydrogen-bond donors (Lipinski definition) is 0. The van der Waals surface area contributed by atoms with E-state index in [4.69, 9.17) is 0 Å². The Bertz CT molecular complexity index is 59.6. The van der Waals surface area contributed by atoms with Crippen molar-refractivity contribution in [2.24, 2.45) is 5.92 Å². The third-order valence-electron chi connectivity index (χ3n) is 1.76. The van der Waals surface area contributed by atoms with Gasteiger partial charge < -0.3 is 0 Å². The molecule has 0 rings (SSSR count). The van der Waals surface area contributed by atoms with Crippen LogP contribution in [0.2, 0.25) is 0 Å². The highest BCUT2D eigenvalue weighted by atomic mass is 16.3. The second-order valence-corrected chi connectivity index (χ2v) is 2.90. The lowest BCUT2D eigenvalue weighted by molar-refractivity contribution is 0.0915. The first-order valence-electron chi connectivity index (χ1n) is 3.82. The van der Waals surface area contributed by atoms with E-state index in [0.29, 0.717) is 0 Å². The summed E-state index contributed by atoms with van der Waals surface area (Å²) in [6.07, 6.45) is 2.78. The van der Waals surface area contributed by atoms with Crippen LogP contribution in [0.1, 0.15) is 40.0 Å². The van der Waals surface area contributed by atoms with Gasteiger partial charge in [-0.25, -0.2) is 5.11 Å². The van der Waals surface area contributed by atoms with Crippen LogP contribution in [0.5, 0.6) is 0 Å². The van der Waals surface area contributed by atoms with Gasteiger partial charge in [0.05, 0.1) is 6.10 Å². The maximum atomic E-state index is 10.5. The number of rotatable bonds is 4. The Labute approximate surface area is 58.1 Å². The summed E-state index contributed by atoms with van der Waals surface area (Å²) in [5, 5.41) is 10.5. The Balaban J connectivity index is 3.06. The topological polar surface area (TPSA) is 19.9 Å². The van der Waals surface area contributed by atoms with E-state index in [1.807, 2.05) is 0 Å². The lowest BCUT2D eigenvalue weighted by atomic mass is 10.0. The second-order valence-electron chi connectivity index (χ2n) is 2.90. The van der Waals surface area contributed by atoms with Crippen molar-refractivity contribution in [2.75, 3.05) is 0 Å². The van der Waals surface area contributed by atoms with Gasteiger partial charge in [-0.05, 0) is 25.7 Å². The standard InChI is InChI=1S/C8H17O/c1-4-7(2)5-6-8(3)9/h7-8H,4-6H2,1-3H3. The molecule has 9 heavy (non-hydrogen) atoms. The highest BCUT2D eigenvalue weighted by Crippen LogP contribution is 2.10. The van der Waals surface area contributed by atoms with Crippen molar-refractivity contribution in [3.63, 3.8) is 0 Å². The van der Waals surface area contributed by atoms with E-state index in [1.165, 1.54) is 6.42 Å². The normalized spacial score (nSPS) is 17.3. The largest absolute Gasteiger partial charge is 0.233 e. The van der Waals surface area contributed by atoms with Gasteiger partial charge in [0.1, 0.15) is 0 Å². The molecule has 1 heteroatoms. The zero-order valence-corrected chi connectivity index (χ0v) is 6.68. The highest BCUT2D eigenvalue weighted by molar-refractivity contribution is 4.53. The molecule has 0 fully saturated rings. The molecule has 0 heterocycles. The fraction of sp³-hybridized carbons (Fsp3) is 1.00. The lowest BCUT2D eigenvalue weighted by Gasteiger charge is -2.07. The smallest absolute Gasteiger partial charge is 0.0902 e. The molecule has 0 saturated carbocycles. The third kappa shape index (κ3) is 5.84. The predicted octanol–water partition coefficient (Wildman–Crippen LogP) is 2.63. The third-order valence-corrected chi connectivity index (χ3v) is 1.76. The van der Waals surface area contributed by atoms with Crippen LogP contribution in [0.25, 0.3) is 0 Å². The van der Waals surface area contributed by atoms with E-state index < -0.39 is 0 Å². The average Bonchev–Trinajstić information content (AvgIpc) is 1.83. The van der Waals surface area contributed by atoms with E-state index in [0.717, 1.165) is 18.8 Å². The number of hydrogen-bond acceptors (Lipinski definition) is 0. The Kier molecular flexibility index (Phi) is 4.78. The minimum Gasteiger partial charge on any atom is -0.233 e. The van der Waals surface area contributed by atoms with Gasteiger partial charge in [0.25, 0.3) is 0 Å². The van der Waals surface area contributed by atoms with E-state index in [-0.39, 0.29) is 6.10 Å². The summed E-state index contributed by atoms with van der Waals surface area (Å²) in [7, 11) is 0. The molecule has 0 aliphatic heterocycles. The van der Waals surface area contributed by atoms with Crippen molar-refractivity contribution < 1.29 is 5.11 Å². The Morgan fingerprint density at radius 2 is 1.78 bits per heavy atom. The molecular formula is C8H17O. The molecule has 0 saturated heterocycles. The van der Waals surface area contributed by atoms with Crippen molar-refractivity contribution in [2.45, 2.75) is 46.1 Å². The van der Waals surface area contributed by atoms with Gasteiger partial charge in [-0.1, -0.05) is 20.3 Å². The lowest BCUT2D eigenvalue weighted by Crippen LogP contribution is -2.01. The van der Waals surface area contributed by atoms with E-state index in [1.54, 1.807) is 6.92 Å². The Morgan fingerprint density at radius 1 is 1.22 bits per heavy atom. The summed E-state index contributed by atoms with van der Waals surface area (Å²) >= 11 is 0. The van der Waals surface area contributed by atoms with Crippen LogP contribution < -0.4 is 0 Å². The molecule has 1 radical (unpaired) electrons. The van der Waals surface area contributed by atoms with Gasteiger partial charge in [-0.15, -0.1) is 0 Å². The first-order valence-corrected chi connectivity index (χ1v) is 3.82. The minimum atomic E-state index is -0.362. The van der Waals surface area contributed by atoms with E-state index in [9.17, 15) is 5.11 Å². The summed E-state index contributed by atoms with van der Waals surface area (Å²) in [6.45, 7) is 6.10. The summed E-state index contributed by atoms with van der Waals surface area (Å²) in [5.74, 6) is 0.737. The first-order chi connectivity index (χ1) is 4.16. The molecule has 0 amide bonds. The van der Waals surface area contributed by atoms with Gasteiger partial charge in [-0.2, -0.15) is 0 Å². The molecule has 55 valence electrons. The Morgan fingerprint density at radius 3 is 2.11 bits per heavy atom. The molecule has 0 spiro atoms. The molecule has 1 nitrogen and oxygen atoms in total. The average molecular weight is 129 g/mol. The van der Waals surface area contributed by atoms with Crippen LogP contribution in [-0.2, 0) is 5.11 Å². The summed E-state index contributed by atoms with van der Waals surface area (Å²) < 4.78 is 0. The van der Waals surface area contributed by atoms with Gasteiger partial charge >= 0.3 is 0 Å². The van der Waals surface area contributed by atoms with Gasteiger partial charge in [-0.3, -0.25) is 0 Å². The molecule has 2 atom stereocenters. The fourth-order valence-electron chi connectivity index (χ4n) is 0.723. The fourth-order valence-corrected chi connectivity index (χ4v) is 0.723. The van der Waals surface area contributed by atoms with Crippen LogP contribution in [-0.4, -0.2) is 6.10 Å². The van der Waals surface area contributed by atoms with Crippen LogP contribution in [0.3, 0.4) is 0 Å². The Hall–Kier alpha value is -0.0400. The maximum Gasteiger partial charge on any atom is 0.0902 e. The zero-order valence-electron chi connectivity index (χ0n) is 6.68. The van der Waals surface area contributed by atoms with E-state index in [2.05, 4.69) is 13.8 Å². The minimum absolute atomic E-state index is 0.362. The van der Waals surface area contributed by atoms with Crippen molar-refractivity contribution in [1.29, 1.82) is 0 Å².